The fourth-order valence-corrected chi connectivity index (χ4v) is 7.47. The summed E-state index contributed by atoms with van der Waals surface area (Å²) in [5, 5.41) is 12.0. The number of esters is 1. The number of methoxy groups -OCH3 is 1. The first kappa shape index (κ1) is 33.8. The third-order valence-electron chi connectivity index (χ3n) is 6.94. The largest absolute Gasteiger partial charge is 0.493 e. The molecule has 3 heterocycles. The van der Waals surface area contributed by atoms with Crippen molar-refractivity contribution < 1.29 is 23.9 Å². The number of carbonyl (C=O) groups is 1. The molecule has 0 aliphatic carbocycles. The minimum atomic E-state index is -0.965. The molecule has 47 heavy (non-hydrogen) atoms. The van der Waals surface area contributed by atoms with Gasteiger partial charge in [-0.2, -0.15) is 0 Å². The van der Waals surface area contributed by atoms with Gasteiger partial charge in [0, 0.05) is 33.3 Å². The molecule has 13 nitrogen and oxygen atoms in total. The number of aromatic amines is 1. The molecule has 5 rings (SSSR count). The quantitative estimate of drug-likeness (QED) is 0.106. The Bertz CT molecular complexity index is 2190. The Morgan fingerprint density at radius 3 is 2.60 bits per heavy atom. The van der Waals surface area contributed by atoms with E-state index < -0.39 is 22.5 Å². The number of nitro groups is 1. The Morgan fingerprint density at radius 2 is 1.94 bits per heavy atom. The molecular formula is C31H28BrN5O8S2. The fraction of sp³-hybridized carbons (Fsp3) is 0.258. The second-order valence-corrected chi connectivity index (χ2v) is 12.9. The summed E-state index contributed by atoms with van der Waals surface area (Å²) in [6.45, 7) is 7.31. The van der Waals surface area contributed by atoms with Gasteiger partial charge in [0.05, 0.1) is 47.1 Å². The topological polar surface area (TPSA) is 168 Å². The molecule has 2 aromatic carbocycles. The van der Waals surface area contributed by atoms with Crippen molar-refractivity contribution in [2.75, 3.05) is 20.3 Å². The predicted molar refractivity (Wildman–Crippen MR) is 179 cm³/mol. The lowest BCUT2D eigenvalue weighted by Crippen LogP contribution is -2.40. The van der Waals surface area contributed by atoms with E-state index >= 15 is 0 Å². The molecule has 0 bridgehead atoms. The Hall–Kier alpha value is -4.54. The van der Waals surface area contributed by atoms with Crippen LogP contribution in [0.4, 0.5) is 5.69 Å². The molecule has 4 aromatic rings. The molecular weight excluding hydrogens is 714 g/mol. The first-order valence-corrected chi connectivity index (χ1v) is 16.6. The fourth-order valence-electron chi connectivity index (χ4n) is 4.97. The maximum absolute atomic E-state index is 14.3. The lowest BCUT2D eigenvalue weighted by molar-refractivity contribution is -0.384. The number of nitro benzene ring substituents is 1. The summed E-state index contributed by atoms with van der Waals surface area (Å²) < 4.78 is 18.9. The number of hydrogen-bond acceptors (Lipinski definition) is 12. The molecule has 16 heteroatoms. The van der Waals surface area contributed by atoms with Gasteiger partial charge in [0.15, 0.2) is 21.5 Å². The van der Waals surface area contributed by atoms with E-state index in [4.69, 9.17) is 14.2 Å². The van der Waals surface area contributed by atoms with E-state index in [0.29, 0.717) is 54.8 Å². The van der Waals surface area contributed by atoms with E-state index in [-0.39, 0.29) is 33.1 Å². The van der Waals surface area contributed by atoms with Gasteiger partial charge in [0.25, 0.3) is 16.8 Å². The molecule has 0 saturated carbocycles. The van der Waals surface area contributed by atoms with Gasteiger partial charge in [0.1, 0.15) is 0 Å². The molecule has 244 valence electrons. The van der Waals surface area contributed by atoms with E-state index in [1.165, 1.54) is 42.0 Å². The number of ether oxygens (including phenoxy) is 3. The number of non-ortho nitro benzene ring substituents is 1. The van der Waals surface area contributed by atoms with E-state index in [9.17, 15) is 24.5 Å². The average molecular weight is 743 g/mol. The van der Waals surface area contributed by atoms with Crippen molar-refractivity contribution in [3.05, 3.63) is 109 Å². The summed E-state index contributed by atoms with van der Waals surface area (Å²) in [6, 6.07) is 8.00. The Kier molecular flexibility index (Phi) is 10.1. The van der Waals surface area contributed by atoms with Crippen LogP contribution < -0.4 is 29.9 Å². The monoisotopic (exact) mass is 741 g/mol. The molecule has 0 unspecified atom stereocenters. The van der Waals surface area contributed by atoms with E-state index in [1.807, 2.05) is 6.92 Å². The summed E-state index contributed by atoms with van der Waals surface area (Å²) in [7, 11) is 1.51. The molecule has 0 saturated heterocycles. The van der Waals surface area contributed by atoms with Crippen LogP contribution in [0, 0.1) is 17.0 Å². The van der Waals surface area contributed by atoms with Crippen molar-refractivity contribution in [2.45, 2.75) is 43.8 Å². The lowest BCUT2D eigenvalue weighted by Gasteiger charge is -2.26. The number of H-pyrrole nitrogens is 1. The SMILES string of the molecule is CCOC(=O)C1=C(C)N=c2s/c(=C/c3cc([N+](=O)[O-])ccc3Sc3nc(C)cc(=O)[nH]3)c(=O)n2[C@@H]1c1cc(OCC)c(OC)cc1Br. The number of nitrogens with one attached hydrogen (secondary N) is 1. The Labute approximate surface area is 283 Å². The normalized spacial score (nSPS) is 14.4. The van der Waals surface area contributed by atoms with Crippen molar-refractivity contribution in [3.63, 3.8) is 0 Å². The molecule has 2 aromatic heterocycles. The summed E-state index contributed by atoms with van der Waals surface area (Å²) in [6.07, 6.45) is 1.53. The molecule has 1 aliphatic heterocycles. The van der Waals surface area contributed by atoms with Crippen LogP contribution in [0.1, 0.15) is 43.6 Å². The number of halogens is 1. The van der Waals surface area contributed by atoms with Gasteiger partial charge in [-0.15, -0.1) is 0 Å². The number of allylic oxidation sites excluding steroid dienone is 1. The number of aryl methyl sites for hydroxylation is 1. The van der Waals surface area contributed by atoms with Crippen LogP contribution in [0.3, 0.4) is 0 Å². The third-order valence-corrected chi connectivity index (χ3v) is 9.59. The van der Waals surface area contributed by atoms with Crippen LogP contribution in [0.25, 0.3) is 6.08 Å². The summed E-state index contributed by atoms with van der Waals surface area (Å²) in [5.74, 6) is 0.230. The zero-order valence-electron chi connectivity index (χ0n) is 25.8. The third kappa shape index (κ3) is 6.94. The number of carbonyl (C=O) groups excluding carboxylic acids is 1. The predicted octanol–water partition coefficient (Wildman–Crippen LogP) is 4.42. The first-order valence-electron chi connectivity index (χ1n) is 14.2. The van der Waals surface area contributed by atoms with Crippen molar-refractivity contribution in [3.8, 4) is 11.5 Å². The molecule has 1 aliphatic rings. The van der Waals surface area contributed by atoms with Gasteiger partial charge in [0.2, 0.25) is 0 Å². The number of benzene rings is 2. The van der Waals surface area contributed by atoms with E-state index in [0.717, 1.165) is 23.1 Å². The van der Waals surface area contributed by atoms with Crippen LogP contribution in [0.2, 0.25) is 0 Å². The second-order valence-electron chi connectivity index (χ2n) is 10.0. The van der Waals surface area contributed by atoms with Gasteiger partial charge >= 0.3 is 5.97 Å². The van der Waals surface area contributed by atoms with Crippen molar-refractivity contribution >= 4 is 56.8 Å². The van der Waals surface area contributed by atoms with Crippen LogP contribution in [-0.2, 0) is 9.53 Å². The Morgan fingerprint density at radius 1 is 1.17 bits per heavy atom. The van der Waals surface area contributed by atoms with Gasteiger partial charge in [-0.25, -0.2) is 14.8 Å². The maximum atomic E-state index is 14.3. The molecule has 0 radical (unpaired) electrons. The highest BCUT2D eigenvalue weighted by Crippen LogP contribution is 2.41. The number of hydrogen-bond donors (Lipinski definition) is 1. The molecule has 0 amide bonds. The standard InChI is InChI=1S/C31H28BrN5O8S2/c1-6-44-22-13-19(20(32)14-21(22)43-5)27-26(29(40)45-7-2)16(4)34-31-36(27)28(39)24(47-31)12-17-11-18(37(41)42)8-9-23(17)46-30-33-15(3)10-25(38)35-30/h8-14,27H,6-7H2,1-5H3,(H,33,35,38)/b24-12+/t27-/m1/s1. The Balaban J connectivity index is 1.75. The average Bonchev–Trinajstić information content (AvgIpc) is 3.31. The van der Waals surface area contributed by atoms with Gasteiger partial charge in [-0.05, 0) is 63.1 Å². The van der Waals surface area contributed by atoms with E-state index in [1.54, 1.807) is 32.9 Å². The minimum absolute atomic E-state index is 0.106. The highest BCUT2D eigenvalue weighted by Gasteiger charge is 2.35. The maximum Gasteiger partial charge on any atom is 0.338 e. The highest BCUT2D eigenvalue weighted by molar-refractivity contribution is 9.10. The number of rotatable bonds is 10. The van der Waals surface area contributed by atoms with Crippen molar-refractivity contribution in [1.29, 1.82) is 0 Å². The smallest absolute Gasteiger partial charge is 0.338 e. The number of aromatic nitrogens is 3. The van der Waals surface area contributed by atoms with Crippen LogP contribution in [0.5, 0.6) is 11.5 Å². The highest BCUT2D eigenvalue weighted by atomic mass is 79.9. The van der Waals surface area contributed by atoms with Crippen LogP contribution >= 0.6 is 39.0 Å². The molecule has 0 fully saturated rings. The van der Waals surface area contributed by atoms with E-state index in [2.05, 4.69) is 30.9 Å². The van der Waals surface area contributed by atoms with Crippen LogP contribution in [0.15, 0.2) is 76.8 Å². The van der Waals surface area contributed by atoms with Crippen LogP contribution in [-0.4, -0.2) is 45.8 Å². The number of nitrogens with zero attached hydrogens (tertiary/aromatic N) is 4. The minimum Gasteiger partial charge on any atom is -0.493 e. The molecule has 1 atom stereocenters. The summed E-state index contributed by atoms with van der Waals surface area (Å²) >= 11 is 5.75. The number of fused-ring (bicyclic) bond motifs is 1. The summed E-state index contributed by atoms with van der Waals surface area (Å²) in [4.78, 5) is 63.4. The van der Waals surface area contributed by atoms with Gasteiger partial charge < -0.3 is 19.2 Å². The first-order chi connectivity index (χ1) is 22.4. The molecule has 0 spiro atoms. The van der Waals surface area contributed by atoms with Gasteiger partial charge in [-0.3, -0.25) is 24.3 Å². The van der Waals surface area contributed by atoms with Gasteiger partial charge in [-0.1, -0.05) is 39.0 Å². The zero-order chi connectivity index (χ0) is 34.0. The van der Waals surface area contributed by atoms with Crippen molar-refractivity contribution in [1.82, 2.24) is 14.5 Å². The lowest BCUT2D eigenvalue weighted by atomic mass is 9.95. The van der Waals surface area contributed by atoms with Crippen molar-refractivity contribution in [2.24, 2.45) is 4.99 Å². The summed E-state index contributed by atoms with van der Waals surface area (Å²) in [5.41, 5.74) is 0.880. The number of thiazole rings is 1. The molecule has 1 N–H and O–H groups in total. The zero-order valence-corrected chi connectivity index (χ0v) is 29.0. The second kappa shape index (κ2) is 14.1.